The normalized spacial score (nSPS) is 14.3. The second-order valence-corrected chi connectivity index (χ2v) is 6.09. The lowest BCUT2D eigenvalue weighted by Crippen LogP contribution is -2.30. The highest BCUT2D eigenvalue weighted by Gasteiger charge is 1.97. The summed E-state index contributed by atoms with van der Waals surface area (Å²) in [6, 6.07) is 1.31. The molecule has 0 rings (SSSR count). The zero-order chi connectivity index (χ0) is 15.8. The average molecular weight is 301 g/mol. The summed E-state index contributed by atoms with van der Waals surface area (Å²) >= 11 is 0. The topological polar surface area (TPSA) is 48.1 Å². The van der Waals surface area contributed by atoms with Gasteiger partial charge < -0.3 is 21.3 Å². The van der Waals surface area contributed by atoms with Crippen LogP contribution < -0.4 is 21.3 Å². The van der Waals surface area contributed by atoms with Crippen molar-refractivity contribution in [2.45, 2.75) is 71.9 Å². The van der Waals surface area contributed by atoms with E-state index in [-0.39, 0.29) is 0 Å². The van der Waals surface area contributed by atoms with Gasteiger partial charge in [-0.25, -0.2) is 0 Å². The highest BCUT2D eigenvalue weighted by molar-refractivity contribution is 4.60. The number of hydrogen-bond acceptors (Lipinski definition) is 4. The SMILES string of the molecule is CCC(C)NCCCNCCCNCCCNC(C)CC. The van der Waals surface area contributed by atoms with Gasteiger partial charge in [0.1, 0.15) is 0 Å². The Morgan fingerprint density at radius 2 is 0.905 bits per heavy atom. The molecule has 0 bridgehead atoms. The maximum atomic E-state index is 3.52. The summed E-state index contributed by atoms with van der Waals surface area (Å²) in [6.07, 6.45) is 6.09. The molecule has 0 radical (unpaired) electrons. The van der Waals surface area contributed by atoms with Crippen molar-refractivity contribution in [1.29, 1.82) is 0 Å². The fourth-order valence-corrected chi connectivity index (χ4v) is 2.00. The molecule has 0 aliphatic rings. The lowest BCUT2D eigenvalue weighted by Gasteiger charge is -2.12. The Kier molecular flexibility index (Phi) is 16.1. The molecule has 0 aromatic heterocycles. The van der Waals surface area contributed by atoms with Gasteiger partial charge >= 0.3 is 0 Å². The van der Waals surface area contributed by atoms with Crippen LogP contribution in [0, 0.1) is 0 Å². The van der Waals surface area contributed by atoms with E-state index in [2.05, 4.69) is 49.0 Å². The van der Waals surface area contributed by atoms with E-state index < -0.39 is 0 Å². The molecule has 4 heteroatoms. The maximum absolute atomic E-state index is 3.52. The molecule has 0 saturated heterocycles. The third-order valence-corrected chi connectivity index (χ3v) is 3.98. The predicted octanol–water partition coefficient (Wildman–Crippen LogP) is 2.11. The molecule has 0 aromatic carbocycles. The van der Waals surface area contributed by atoms with E-state index >= 15 is 0 Å². The van der Waals surface area contributed by atoms with Crippen LogP contribution in [-0.2, 0) is 0 Å². The van der Waals surface area contributed by atoms with Gasteiger partial charge in [-0.15, -0.1) is 0 Å². The van der Waals surface area contributed by atoms with Crippen molar-refractivity contribution in [2.24, 2.45) is 0 Å². The van der Waals surface area contributed by atoms with Crippen molar-refractivity contribution in [3.63, 3.8) is 0 Å². The van der Waals surface area contributed by atoms with Gasteiger partial charge in [0.15, 0.2) is 0 Å². The summed E-state index contributed by atoms with van der Waals surface area (Å²) in [6.45, 7) is 15.7. The number of nitrogens with one attached hydrogen (secondary N) is 4. The van der Waals surface area contributed by atoms with Gasteiger partial charge in [0.05, 0.1) is 0 Å². The Labute approximate surface area is 133 Å². The van der Waals surface area contributed by atoms with Crippen LogP contribution in [0.4, 0.5) is 0 Å². The Morgan fingerprint density at radius 1 is 0.571 bits per heavy atom. The Bertz CT molecular complexity index is 179. The molecule has 21 heavy (non-hydrogen) atoms. The molecule has 0 spiro atoms. The van der Waals surface area contributed by atoms with Crippen molar-refractivity contribution < 1.29 is 0 Å². The third-order valence-electron chi connectivity index (χ3n) is 3.98. The zero-order valence-corrected chi connectivity index (χ0v) is 14.9. The minimum absolute atomic E-state index is 0.656. The first-order valence-electron chi connectivity index (χ1n) is 9.08. The van der Waals surface area contributed by atoms with Gasteiger partial charge in [-0.2, -0.15) is 0 Å². The summed E-state index contributed by atoms with van der Waals surface area (Å²) in [7, 11) is 0. The molecule has 4 N–H and O–H groups in total. The van der Waals surface area contributed by atoms with Crippen LogP contribution in [0.2, 0.25) is 0 Å². The van der Waals surface area contributed by atoms with Crippen molar-refractivity contribution in [3.8, 4) is 0 Å². The van der Waals surface area contributed by atoms with Crippen LogP contribution >= 0.6 is 0 Å². The molecule has 0 fully saturated rings. The lowest BCUT2D eigenvalue weighted by molar-refractivity contribution is 0.500. The van der Waals surface area contributed by atoms with E-state index in [1.54, 1.807) is 0 Å². The second-order valence-electron chi connectivity index (χ2n) is 6.09. The fourth-order valence-electron chi connectivity index (χ4n) is 2.00. The highest BCUT2D eigenvalue weighted by atomic mass is 14.9. The highest BCUT2D eigenvalue weighted by Crippen LogP contribution is 1.88. The first-order valence-corrected chi connectivity index (χ1v) is 9.08. The van der Waals surface area contributed by atoms with E-state index in [9.17, 15) is 0 Å². The molecule has 0 aromatic rings. The van der Waals surface area contributed by atoms with E-state index in [0.29, 0.717) is 12.1 Å². The van der Waals surface area contributed by atoms with Gasteiger partial charge in [0, 0.05) is 12.1 Å². The van der Waals surface area contributed by atoms with Crippen molar-refractivity contribution in [1.82, 2.24) is 21.3 Å². The van der Waals surface area contributed by atoms with E-state index in [1.165, 1.54) is 32.1 Å². The summed E-state index contributed by atoms with van der Waals surface area (Å²) in [5, 5.41) is 14.1. The van der Waals surface area contributed by atoms with Gasteiger partial charge in [0.25, 0.3) is 0 Å². The minimum atomic E-state index is 0.656. The molecule has 128 valence electrons. The monoisotopic (exact) mass is 300 g/mol. The van der Waals surface area contributed by atoms with Crippen LogP contribution in [0.25, 0.3) is 0 Å². The van der Waals surface area contributed by atoms with E-state index in [4.69, 9.17) is 0 Å². The standard InChI is InChI=1S/C17H40N4/c1-5-16(3)20-14-8-12-18-10-7-11-19-13-9-15-21-17(4)6-2/h16-21H,5-15H2,1-4H3. The molecule has 2 atom stereocenters. The van der Waals surface area contributed by atoms with Crippen molar-refractivity contribution >= 4 is 0 Å². The molecule has 0 amide bonds. The lowest BCUT2D eigenvalue weighted by atomic mass is 10.2. The largest absolute Gasteiger partial charge is 0.317 e. The first kappa shape index (κ1) is 20.8. The smallest absolute Gasteiger partial charge is 0.00361 e. The molecule has 2 unspecified atom stereocenters. The van der Waals surface area contributed by atoms with Crippen LogP contribution in [0.3, 0.4) is 0 Å². The molecule has 0 saturated carbocycles. The number of hydrogen-bond donors (Lipinski definition) is 4. The van der Waals surface area contributed by atoms with Crippen LogP contribution in [0.1, 0.15) is 59.8 Å². The van der Waals surface area contributed by atoms with Crippen molar-refractivity contribution in [3.05, 3.63) is 0 Å². The fraction of sp³-hybridized carbons (Fsp3) is 1.00. The Morgan fingerprint density at radius 3 is 1.24 bits per heavy atom. The summed E-state index contributed by atoms with van der Waals surface area (Å²) in [4.78, 5) is 0. The van der Waals surface area contributed by atoms with Crippen molar-refractivity contribution in [2.75, 3.05) is 39.3 Å². The van der Waals surface area contributed by atoms with Gasteiger partial charge in [-0.1, -0.05) is 13.8 Å². The molecular weight excluding hydrogens is 260 g/mol. The summed E-state index contributed by atoms with van der Waals surface area (Å²) in [5.74, 6) is 0. The maximum Gasteiger partial charge on any atom is 0.00361 e. The second kappa shape index (κ2) is 16.2. The predicted molar refractivity (Wildman–Crippen MR) is 95.1 cm³/mol. The van der Waals surface area contributed by atoms with Crippen LogP contribution in [-0.4, -0.2) is 51.4 Å². The van der Waals surface area contributed by atoms with Gasteiger partial charge in [-0.3, -0.25) is 0 Å². The minimum Gasteiger partial charge on any atom is -0.317 e. The molecular formula is C17H40N4. The zero-order valence-electron chi connectivity index (χ0n) is 14.9. The quantitative estimate of drug-likeness (QED) is 0.330. The summed E-state index contributed by atoms with van der Waals surface area (Å²) in [5.41, 5.74) is 0. The third kappa shape index (κ3) is 16.0. The Hall–Kier alpha value is -0.160. The molecule has 0 aliphatic carbocycles. The molecule has 4 nitrogen and oxygen atoms in total. The van der Waals surface area contributed by atoms with Crippen LogP contribution in [0.5, 0.6) is 0 Å². The summed E-state index contributed by atoms with van der Waals surface area (Å²) < 4.78 is 0. The molecule has 0 heterocycles. The Balaban J connectivity index is 3.03. The van der Waals surface area contributed by atoms with Crippen LogP contribution in [0.15, 0.2) is 0 Å². The average Bonchev–Trinajstić information content (AvgIpc) is 2.51. The van der Waals surface area contributed by atoms with E-state index in [0.717, 1.165) is 39.3 Å². The van der Waals surface area contributed by atoms with Gasteiger partial charge in [0.2, 0.25) is 0 Å². The van der Waals surface area contributed by atoms with E-state index in [1.807, 2.05) is 0 Å². The molecule has 0 aliphatic heterocycles. The number of rotatable bonds is 16. The van der Waals surface area contributed by atoms with Gasteiger partial charge in [-0.05, 0) is 85.2 Å². The first-order chi connectivity index (χ1) is 10.2.